The first kappa shape index (κ1) is 14.1. The summed E-state index contributed by atoms with van der Waals surface area (Å²) < 4.78 is 0. The van der Waals surface area contributed by atoms with Crippen LogP contribution in [0, 0.1) is 6.92 Å². The number of hydrogen-bond acceptors (Lipinski definition) is 4. The molecule has 0 radical (unpaired) electrons. The number of oxime groups is 1. The summed E-state index contributed by atoms with van der Waals surface area (Å²) in [5.74, 6) is 1.33. The van der Waals surface area contributed by atoms with Crippen molar-refractivity contribution in [2.24, 2.45) is 10.9 Å². The van der Waals surface area contributed by atoms with Crippen LogP contribution in [0.1, 0.15) is 25.0 Å². The van der Waals surface area contributed by atoms with Gasteiger partial charge in [0.15, 0.2) is 5.84 Å². The van der Waals surface area contributed by atoms with Crippen LogP contribution in [-0.4, -0.2) is 34.6 Å². The first-order valence-corrected chi connectivity index (χ1v) is 7.56. The molecule has 104 valence electrons. The summed E-state index contributed by atoms with van der Waals surface area (Å²) in [6.07, 6.45) is 0. The van der Waals surface area contributed by atoms with Gasteiger partial charge in [-0.25, -0.2) is 0 Å². The fourth-order valence-corrected chi connectivity index (χ4v) is 3.56. The van der Waals surface area contributed by atoms with Gasteiger partial charge in [-0.05, 0) is 37.6 Å². The topological polar surface area (TPSA) is 61.8 Å². The Bertz CT molecular complexity index is 490. The molecule has 1 aromatic rings. The molecule has 0 aromatic heterocycles. The van der Waals surface area contributed by atoms with Gasteiger partial charge in [0, 0.05) is 34.8 Å². The van der Waals surface area contributed by atoms with Crippen LogP contribution in [0.3, 0.4) is 0 Å². The normalized spacial score (nSPS) is 24.6. The molecule has 4 nitrogen and oxygen atoms in total. The van der Waals surface area contributed by atoms with Crippen molar-refractivity contribution < 1.29 is 5.21 Å². The van der Waals surface area contributed by atoms with Gasteiger partial charge in [-0.15, -0.1) is 0 Å². The fraction of sp³-hybridized carbons (Fsp3) is 0.500. The van der Waals surface area contributed by atoms with Crippen molar-refractivity contribution in [3.8, 4) is 0 Å². The molecule has 2 atom stereocenters. The molecular weight excluding hydrogens is 258 g/mol. The molecule has 19 heavy (non-hydrogen) atoms. The van der Waals surface area contributed by atoms with Gasteiger partial charge in [0.2, 0.25) is 0 Å². The van der Waals surface area contributed by atoms with Gasteiger partial charge in [0.05, 0.1) is 0 Å². The highest BCUT2D eigenvalue weighted by atomic mass is 32.2. The van der Waals surface area contributed by atoms with Gasteiger partial charge in [-0.2, -0.15) is 11.8 Å². The van der Waals surface area contributed by atoms with E-state index in [-0.39, 0.29) is 5.84 Å². The number of anilines is 1. The second kappa shape index (κ2) is 5.74. The minimum atomic E-state index is 0.166. The summed E-state index contributed by atoms with van der Waals surface area (Å²) >= 11 is 2.03. The van der Waals surface area contributed by atoms with E-state index < -0.39 is 0 Å². The van der Waals surface area contributed by atoms with Gasteiger partial charge >= 0.3 is 0 Å². The van der Waals surface area contributed by atoms with Crippen LogP contribution >= 0.6 is 11.8 Å². The van der Waals surface area contributed by atoms with E-state index in [9.17, 15) is 0 Å². The van der Waals surface area contributed by atoms with Crippen LogP contribution in [-0.2, 0) is 0 Å². The van der Waals surface area contributed by atoms with Crippen molar-refractivity contribution in [1.29, 1.82) is 0 Å². The minimum Gasteiger partial charge on any atom is -0.409 e. The largest absolute Gasteiger partial charge is 0.409 e. The Labute approximate surface area is 118 Å². The number of thioether (sulfide) groups is 1. The maximum atomic E-state index is 8.76. The highest BCUT2D eigenvalue weighted by molar-refractivity contribution is 8.00. The molecular formula is C14H21N3OS. The Morgan fingerprint density at radius 3 is 2.84 bits per heavy atom. The molecule has 3 N–H and O–H groups in total. The van der Waals surface area contributed by atoms with Gasteiger partial charge < -0.3 is 15.8 Å². The summed E-state index contributed by atoms with van der Waals surface area (Å²) in [6.45, 7) is 7.60. The van der Waals surface area contributed by atoms with Crippen molar-refractivity contribution in [3.05, 3.63) is 29.3 Å². The number of hydrogen-bond donors (Lipinski definition) is 2. The highest BCUT2D eigenvalue weighted by Crippen LogP contribution is 2.30. The Balaban J connectivity index is 2.29. The summed E-state index contributed by atoms with van der Waals surface area (Å²) in [5, 5.41) is 12.5. The van der Waals surface area contributed by atoms with Crippen LogP contribution in [0.4, 0.5) is 5.69 Å². The van der Waals surface area contributed by atoms with E-state index >= 15 is 0 Å². The standard InChI is InChI=1S/C14H21N3OS/c1-9-8-12(4-5-13(9)14(15)16-18)17-6-7-19-11(3)10(17)2/h4-5,8,10-11,18H,6-7H2,1-3H3,(H2,15,16). The lowest BCUT2D eigenvalue weighted by Gasteiger charge is -2.39. The number of nitrogens with zero attached hydrogens (tertiary/aromatic N) is 2. The molecule has 1 aliphatic heterocycles. The van der Waals surface area contributed by atoms with E-state index in [2.05, 4.69) is 36.0 Å². The Kier molecular flexibility index (Phi) is 4.24. The highest BCUT2D eigenvalue weighted by Gasteiger charge is 2.25. The summed E-state index contributed by atoms with van der Waals surface area (Å²) in [7, 11) is 0. The van der Waals surface area contributed by atoms with E-state index in [1.807, 2.05) is 24.8 Å². The molecule has 2 unspecified atom stereocenters. The molecule has 0 saturated carbocycles. The first-order valence-electron chi connectivity index (χ1n) is 6.51. The van der Waals surface area contributed by atoms with Crippen molar-refractivity contribution in [2.45, 2.75) is 32.1 Å². The number of benzene rings is 1. The van der Waals surface area contributed by atoms with Crippen LogP contribution in [0.5, 0.6) is 0 Å². The lowest BCUT2D eigenvalue weighted by atomic mass is 10.1. The van der Waals surface area contributed by atoms with E-state index in [0.717, 1.165) is 23.4 Å². The number of amidine groups is 1. The van der Waals surface area contributed by atoms with Crippen LogP contribution in [0.2, 0.25) is 0 Å². The molecule has 0 spiro atoms. The van der Waals surface area contributed by atoms with Gasteiger partial charge in [-0.3, -0.25) is 0 Å². The maximum absolute atomic E-state index is 8.76. The monoisotopic (exact) mass is 279 g/mol. The quantitative estimate of drug-likeness (QED) is 0.378. The average Bonchev–Trinajstić information content (AvgIpc) is 2.41. The van der Waals surface area contributed by atoms with Gasteiger partial charge in [0.1, 0.15) is 0 Å². The molecule has 1 fully saturated rings. The smallest absolute Gasteiger partial charge is 0.170 e. The van der Waals surface area contributed by atoms with Crippen LogP contribution in [0.25, 0.3) is 0 Å². The van der Waals surface area contributed by atoms with E-state index in [0.29, 0.717) is 11.3 Å². The summed E-state index contributed by atoms with van der Waals surface area (Å²) in [4.78, 5) is 2.43. The lowest BCUT2D eigenvalue weighted by Crippen LogP contribution is -2.44. The van der Waals surface area contributed by atoms with Crippen molar-refractivity contribution >= 4 is 23.3 Å². The third-order valence-electron chi connectivity index (χ3n) is 3.81. The van der Waals surface area contributed by atoms with E-state index in [1.165, 1.54) is 5.69 Å². The van der Waals surface area contributed by atoms with Crippen molar-refractivity contribution in [2.75, 3.05) is 17.2 Å². The average molecular weight is 279 g/mol. The molecule has 2 rings (SSSR count). The van der Waals surface area contributed by atoms with E-state index in [4.69, 9.17) is 10.9 Å². The molecule has 0 aliphatic carbocycles. The van der Waals surface area contributed by atoms with Crippen molar-refractivity contribution in [1.82, 2.24) is 0 Å². The molecule has 0 amide bonds. The van der Waals surface area contributed by atoms with Crippen LogP contribution < -0.4 is 10.6 Å². The molecule has 1 aromatic carbocycles. The van der Waals surface area contributed by atoms with Gasteiger partial charge in [0.25, 0.3) is 0 Å². The zero-order valence-corrected chi connectivity index (χ0v) is 12.4. The summed E-state index contributed by atoms with van der Waals surface area (Å²) in [5.41, 5.74) is 8.69. The zero-order chi connectivity index (χ0) is 14.0. The third kappa shape index (κ3) is 2.81. The maximum Gasteiger partial charge on any atom is 0.170 e. The molecule has 0 bridgehead atoms. The van der Waals surface area contributed by atoms with Crippen molar-refractivity contribution in [3.63, 3.8) is 0 Å². The zero-order valence-electron chi connectivity index (χ0n) is 11.6. The minimum absolute atomic E-state index is 0.166. The Hall–Kier alpha value is -1.36. The SMILES string of the molecule is Cc1cc(N2CCSC(C)C2C)ccc1/C(N)=N/O. The number of nitrogens with two attached hydrogens (primary N) is 1. The van der Waals surface area contributed by atoms with E-state index in [1.54, 1.807) is 0 Å². The fourth-order valence-electron chi connectivity index (χ4n) is 2.47. The Morgan fingerprint density at radius 2 is 2.21 bits per heavy atom. The Morgan fingerprint density at radius 1 is 1.47 bits per heavy atom. The molecule has 1 heterocycles. The lowest BCUT2D eigenvalue weighted by molar-refractivity contribution is 0.318. The predicted octanol–water partition coefficient (Wildman–Crippen LogP) is 2.42. The first-order chi connectivity index (χ1) is 9.04. The molecule has 1 aliphatic rings. The molecule has 5 heteroatoms. The molecule has 1 saturated heterocycles. The number of aryl methyl sites for hydroxylation is 1. The van der Waals surface area contributed by atoms with Gasteiger partial charge in [-0.1, -0.05) is 12.1 Å². The third-order valence-corrected chi connectivity index (χ3v) is 5.15. The summed E-state index contributed by atoms with van der Waals surface area (Å²) in [6, 6.07) is 6.62. The van der Waals surface area contributed by atoms with Crippen LogP contribution in [0.15, 0.2) is 23.4 Å². The predicted molar refractivity (Wildman–Crippen MR) is 82.4 cm³/mol. The number of rotatable bonds is 2. The second-order valence-corrected chi connectivity index (χ2v) is 6.48. The second-order valence-electron chi connectivity index (χ2n) is 4.99.